The van der Waals surface area contributed by atoms with E-state index in [4.69, 9.17) is 0 Å². The Hall–Kier alpha value is -3.74. The van der Waals surface area contributed by atoms with Crippen molar-refractivity contribution in [2.45, 2.75) is 19.8 Å². The number of carbonyl (C=O) groups is 1. The molecule has 0 saturated carbocycles. The molecule has 0 fully saturated rings. The van der Waals surface area contributed by atoms with Crippen molar-refractivity contribution < 1.29 is 9.90 Å². The lowest BCUT2D eigenvalue weighted by molar-refractivity contribution is -0.136. The van der Waals surface area contributed by atoms with Gasteiger partial charge in [-0.1, -0.05) is 121 Å². The van der Waals surface area contributed by atoms with Crippen molar-refractivity contribution in [3.8, 4) is 11.1 Å². The standard InChI is InChI=1S/C32H27O2P/c1-23-16-20-29(32-25(19-21-31(33)34)18-17-24-10-8-9-15-28(24)32)30(22-23)35(26-11-4-2-5-12-26)27-13-6-3-7-14-27/h2-18,20,22H,19,21H2,1H3,(H,33,34). The zero-order valence-electron chi connectivity index (χ0n) is 19.7. The number of carboxylic acids is 1. The van der Waals surface area contributed by atoms with Crippen molar-refractivity contribution >= 4 is 40.6 Å². The van der Waals surface area contributed by atoms with E-state index in [1.165, 1.54) is 27.0 Å². The number of rotatable bonds is 7. The van der Waals surface area contributed by atoms with Crippen LogP contribution < -0.4 is 15.9 Å². The van der Waals surface area contributed by atoms with Crippen molar-refractivity contribution in [2.24, 2.45) is 0 Å². The molecule has 2 nitrogen and oxygen atoms in total. The molecule has 0 amide bonds. The molecule has 0 aromatic heterocycles. The molecule has 0 atom stereocenters. The minimum Gasteiger partial charge on any atom is -0.481 e. The van der Waals surface area contributed by atoms with Crippen molar-refractivity contribution in [1.82, 2.24) is 0 Å². The smallest absolute Gasteiger partial charge is 0.303 e. The summed E-state index contributed by atoms with van der Waals surface area (Å²) in [6.45, 7) is 2.14. The van der Waals surface area contributed by atoms with E-state index in [9.17, 15) is 9.90 Å². The first-order valence-electron chi connectivity index (χ1n) is 11.9. The maximum Gasteiger partial charge on any atom is 0.303 e. The molecule has 35 heavy (non-hydrogen) atoms. The first-order chi connectivity index (χ1) is 17.1. The summed E-state index contributed by atoms with van der Waals surface area (Å²) in [7, 11) is -0.812. The average molecular weight is 475 g/mol. The average Bonchev–Trinajstić information content (AvgIpc) is 2.89. The fourth-order valence-electron chi connectivity index (χ4n) is 4.70. The van der Waals surface area contributed by atoms with E-state index in [0.717, 1.165) is 21.9 Å². The van der Waals surface area contributed by atoms with Crippen LogP contribution in [0, 0.1) is 6.92 Å². The minimum atomic E-state index is -0.812. The summed E-state index contributed by atoms with van der Waals surface area (Å²) in [6, 6.07) is 40.8. The maximum atomic E-state index is 11.5. The zero-order valence-corrected chi connectivity index (χ0v) is 20.6. The van der Waals surface area contributed by atoms with Gasteiger partial charge in [-0.2, -0.15) is 0 Å². The van der Waals surface area contributed by atoms with E-state index >= 15 is 0 Å². The van der Waals surface area contributed by atoms with Gasteiger partial charge in [-0.15, -0.1) is 0 Å². The topological polar surface area (TPSA) is 37.3 Å². The Bertz CT molecular complexity index is 1440. The number of aliphatic carboxylic acids is 1. The molecule has 0 bridgehead atoms. The van der Waals surface area contributed by atoms with Crippen LogP contribution in [0.2, 0.25) is 0 Å². The van der Waals surface area contributed by atoms with E-state index in [2.05, 4.69) is 122 Å². The van der Waals surface area contributed by atoms with Gasteiger partial charge in [-0.3, -0.25) is 4.79 Å². The summed E-state index contributed by atoms with van der Waals surface area (Å²) >= 11 is 0. The lowest BCUT2D eigenvalue weighted by atomic mass is 9.91. The predicted octanol–water partition coefficient (Wildman–Crippen LogP) is 6.59. The molecule has 0 radical (unpaired) electrons. The molecule has 5 rings (SSSR count). The van der Waals surface area contributed by atoms with Gasteiger partial charge < -0.3 is 5.11 Å². The van der Waals surface area contributed by atoms with Gasteiger partial charge in [0, 0.05) is 6.42 Å². The molecule has 0 saturated heterocycles. The van der Waals surface area contributed by atoms with Crippen LogP contribution >= 0.6 is 7.92 Å². The highest BCUT2D eigenvalue weighted by Crippen LogP contribution is 2.40. The van der Waals surface area contributed by atoms with Crippen molar-refractivity contribution in [3.63, 3.8) is 0 Å². The van der Waals surface area contributed by atoms with Gasteiger partial charge in [0.1, 0.15) is 0 Å². The Morgan fingerprint density at radius 1 is 0.743 bits per heavy atom. The Balaban J connectivity index is 1.81. The van der Waals surface area contributed by atoms with Crippen LogP contribution in [0.1, 0.15) is 17.5 Å². The summed E-state index contributed by atoms with van der Waals surface area (Å²) in [5.74, 6) is -0.774. The molecule has 0 heterocycles. The number of hydrogen-bond donors (Lipinski definition) is 1. The molecular weight excluding hydrogens is 447 g/mol. The fraction of sp³-hybridized carbons (Fsp3) is 0.0938. The lowest BCUT2D eigenvalue weighted by Gasteiger charge is -2.25. The second kappa shape index (κ2) is 10.3. The summed E-state index contributed by atoms with van der Waals surface area (Å²) < 4.78 is 0. The highest BCUT2D eigenvalue weighted by Gasteiger charge is 2.23. The van der Waals surface area contributed by atoms with Gasteiger partial charge in [0.2, 0.25) is 0 Å². The molecule has 0 spiro atoms. The van der Waals surface area contributed by atoms with Crippen LogP contribution in [0.4, 0.5) is 0 Å². The molecule has 5 aromatic rings. The molecule has 0 aliphatic rings. The molecule has 0 unspecified atom stereocenters. The third-order valence-corrected chi connectivity index (χ3v) is 8.80. The van der Waals surface area contributed by atoms with Crippen molar-refractivity contribution in [2.75, 3.05) is 0 Å². The molecule has 0 aliphatic heterocycles. The van der Waals surface area contributed by atoms with Gasteiger partial charge in [-0.25, -0.2) is 0 Å². The van der Waals surface area contributed by atoms with Crippen LogP contribution in [0.15, 0.2) is 115 Å². The second-order valence-corrected chi connectivity index (χ2v) is 10.9. The molecule has 5 aromatic carbocycles. The molecule has 172 valence electrons. The number of aryl methyl sites for hydroxylation is 2. The summed E-state index contributed by atoms with van der Waals surface area (Å²) in [5, 5.41) is 15.7. The van der Waals surface area contributed by atoms with E-state index in [-0.39, 0.29) is 6.42 Å². The number of hydrogen-bond acceptors (Lipinski definition) is 1. The predicted molar refractivity (Wildman–Crippen MR) is 149 cm³/mol. The lowest BCUT2D eigenvalue weighted by Crippen LogP contribution is -2.22. The van der Waals surface area contributed by atoms with Crippen LogP contribution in [-0.2, 0) is 11.2 Å². The van der Waals surface area contributed by atoms with Gasteiger partial charge in [0.05, 0.1) is 0 Å². The maximum absolute atomic E-state index is 11.5. The SMILES string of the molecule is Cc1ccc(-c2c(CCC(=O)O)ccc3ccccc23)c(P(c2ccccc2)c2ccccc2)c1. The van der Waals surface area contributed by atoms with Crippen LogP contribution in [0.3, 0.4) is 0 Å². The number of benzene rings is 5. The first kappa shape index (κ1) is 23.0. The first-order valence-corrected chi connectivity index (χ1v) is 13.2. The van der Waals surface area contributed by atoms with E-state index in [0.29, 0.717) is 6.42 Å². The third-order valence-electron chi connectivity index (χ3n) is 6.32. The van der Waals surface area contributed by atoms with Gasteiger partial charge in [-0.05, 0) is 64.6 Å². The molecule has 3 heteroatoms. The van der Waals surface area contributed by atoms with Crippen molar-refractivity contribution in [3.05, 3.63) is 126 Å². The Labute approximate surface area is 207 Å². The Kier molecular flexibility index (Phi) is 6.75. The fourth-order valence-corrected chi connectivity index (χ4v) is 7.26. The van der Waals surface area contributed by atoms with Crippen LogP contribution in [0.5, 0.6) is 0 Å². The monoisotopic (exact) mass is 474 g/mol. The summed E-state index contributed by atoms with van der Waals surface area (Å²) in [6.07, 6.45) is 0.607. The third kappa shape index (κ3) is 4.90. The van der Waals surface area contributed by atoms with E-state index < -0.39 is 13.9 Å². The van der Waals surface area contributed by atoms with Gasteiger partial charge in [0.25, 0.3) is 0 Å². The second-order valence-electron chi connectivity index (χ2n) is 8.74. The molecule has 0 aliphatic carbocycles. The largest absolute Gasteiger partial charge is 0.481 e. The Morgan fingerprint density at radius 3 is 2.03 bits per heavy atom. The minimum absolute atomic E-state index is 0.110. The highest BCUT2D eigenvalue weighted by molar-refractivity contribution is 7.80. The van der Waals surface area contributed by atoms with Gasteiger partial charge in [0.15, 0.2) is 0 Å². The quantitative estimate of drug-likeness (QED) is 0.270. The van der Waals surface area contributed by atoms with Crippen molar-refractivity contribution in [1.29, 1.82) is 0 Å². The van der Waals surface area contributed by atoms with Crippen LogP contribution in [0.25, 0.3) is 21.9 Å². The Morgan fingerprint density at radius 2 is 1.37 bits per heavy atom. The van der Waals surface area contributed by atoms with Crippen LogP contribution in [-0.4, -0.2) is 11.1 Å². The molecule has 1 N–H and O–H groups in total. The van der Waals surface area contributed by atoms with E-state index in [1.54, 1.807) is 0 Å². The number of carboxylic acid groups (broad SMARTS) is 1. The molecular formula is C32H27O2P. The van der Waals surface area contributed by atoms with Gasteiger partial charge >= 0.3 is 5.97 Å². The normalized spacial score (nSPS) is 11.1. The summed E-state index contributed by atoms with van der Waals surface area (Å²) in [5.41, 5.74) is 4.63. The van der Waals surface area contributed by atoms with E-state index in [1.807, 2.05) is 0 Å². The highest BCUT2D eigenvalue weighted by atomic mass is 31.1. The number of fused-ring (bicyclic) bond motifs is 1. The summed E-state index contributed by atoms with van der Waals surface area (Å²) in [4.78, 5) is 11.5. The zero-order chi connectivity index (χ0) is 24.2.